The molecule has 1 atom stereocenters. The average molecular weight is 325 g/mol. The fourth-order valence-corrected chi connectivity index (χ4v) is 3.93. The lowest BCUT2D eigenvalue weighted by molar-refractivity contribution is -0.131. The highest BCUT2D eigenvalue weighted by Gasteiger charge is 2.42. The van der Waals surface area contributed by atoms with Crippen molar-refractivity contribution in [1.29, 1.82) is 0 Å². The summed E-state index contributed by atoms with van der Waals surface area (Å²) >= 11 is 0. The van der Waals surface area contributed by atoms with E-state index in [-0.39, 0.29) is 11.9 Å². The molecule has 0 radical (unpaired) electrons. The van der Waals surface area contributed by atoms with E-state index in [9.17, 15) is 4.79 Å². The Hall–Kier alpha value is -2.14. The number of hydrogen-bond donors (Lipinski definition) is 1. The summed E-state index contributed by atoms with van der Waals surface area (Å²) < 4.78 is 7.68. The van der Waals surface area contributed by atoms with Crippen LogP contribution in [0.2, 0.25) is 0 Å². The molecule has 3 heterocycles. The number of benzene rings is 1. The molecule has 24 heavy (non-hydrogen) atoms. The molecule has 2 aromatic rings. The molecule has 4 rings (SSSR count). The van der Waals surface area contributed by atoms with E-state index in [2.05, 4.69) is 27.0 Å². The van der Waals surface area contributed by atoms with Crippen molar-refractivity contribution in [3.05, 3.63) is 54.1 Å². The molecule has 126 valence electrons. The van der Waals surface area contributed by atoms with Gasteiger partial charge in [0.1, 0.15) is 5.82 Å². The SMILES string of the molecule is O=C(NC1CCc2nccn2C1)C1(c2ccccc2)CCOCC1. The van der Waals surface area contributed by atoms with Crippen LogP contribution < -0.4 is 5.32 Å². The lowest BCUT2D eigenvalue weighted by atomic mass is 9.73. The number of imidazole rings is 1. The Morgan fingerprint density at radius 3 is 2.83 bits per heavy atom. The van der Waals surface area contributed by atoms with Gasteiger partial charge in [0, 0.05) is 44.6 Å². The van der Waals surface area contributed by atoms with Crippen molar-refractivity contribution >= 4 is 5.91 Å². The van der Waals surface area contributed by atoms with Crippen LogP contribution in [0.1, 0.15) is 30.7 Å². The molecule has 5 heteroatoms. The lowest BCUT2D eigenvalue weighted by Crippen LogP contribution is -2.52. The van der Waals surface area contributed by atoms with Crippen LogP contribution in [-0.2, 0) is 27.9 Å². The van der Waals surface area contributed by atoms with Gasteiger partial charge in [-0.1, -0.05) is 30.3 Å². The molecule has 1 saturated heterocycles. The van der Waals surface area contributed by atoms with Crippen LogP contribution in [0.25, 0.3) is 0 Å². The largest absolute Gasteiger partial charge is 0.381 e. The molecule has 1 aromatic heterocycles. The zero-order valence-electron chi connectivity index (χ0n) is 13.8. The summed E-state index contributed by atoms with van der Waals surface area (Å²) in [6.07, 6.45) is 7.18. The number of nitrogens with zero attached hydrogens (tertiary/aromatic N) is 2. The van der Waals surface area contributed by atoms with Crippen molar-refractivity contribution in [2.75, 3.05) is 13.2 Å². The van der Waals surface area contributed by atoms with Crippen molar-refractivity contribution in [2.24, 2.45) is 0 Å². The van der Waals surface area contributed by atoms with Crippen LogP contribution in [-0.4, -0.2) is 34.7 Å². The topological polar surface area (TPSA) is 56.2 Å². The average Bonchev–Trinajstić information content (AvgIpc) is 3.11. The molecule has 0 bridgehead atoms. The molecule has 1 fully saturated rings. The highest BCUT2D eigenvalue weighted by Crippen LogP contribution is 2.35. The van der Waals surface area contributed by atoms with Gasteiger partial charge in [-0.2, -0.15) is 0 Å². The third-order valence-electron chi connectivity index (χ3n) is 5.38. The number of fused-ring (bicyclic) bond motifs is 1. The van der Waals surface area contributed by atoms with Crippen LogP contribution in [0.3, 0.4) is 0 Å². The lowest BCUT2D eigenvalue weighted by Gasteiger charge is -2.38. The van der Waals surface area contributed by atoms with E-state index < -0.39 is 5.41 Å². The summed E-state index contributed by atoms with van der Waals surface area (Å²) in [5.41, 5.74) is 0.638. The van der Waals surface area contributed by atoms with Crippen LogP contribution in [0, 0.1) is 0 Å². The first kappa shape index (κ1) is 15.4. The molecule has 1 unspecified atom stereocenters. The maximum Gasteiger partial charge on any atom is 0.231 e. The molecule has 1 aromatic carbocycles. The second-order valence-electron chi connectivity index (χ2n) is 6.77. The number of rotatable bonds is 3. The minimum absolute atomic E-state index is 0.144. The molecule has 0 saturated carbocycles. The summed E-state index contributed by atoms with van der Waals surface area (Å²) in [5, 5.41) is 3.32. The second-order valence-corrected chi connectivity index (χ2v) is 6.77. The van der Waals surface area contributed by atoms with Crippen molar-refractivity contribution in [3.8, 4) is 0 Å². The molecule has 0 aliphatic carbocycles. The Labute approximate surface area is 142 Å². The Morgan fingerprint density at radius 1 is 1.25 bits per heavy atom. The Bertz CT molecular complexity index is 704. The Morgan fingerprint density at radius 2 is 2.04 bits per heavy atom. The Kier molecular flexibility index (Phi) is 4.10. The van der Waals surface area contributed by atoms with Gasteiger partial charge >= 0.3 is 0 Å². The van der Waals surface area contributed by atoms with Gasteiger partial charge in [0.05, 0.1) is 5.41 Å². The van der Waals surface area contributed by atoms with Gasteiger partial charge in [-0.3, -0.25) is 4.79 Å². The van der Waals surface area contributed by atoms with Gasteiger partial charge in [-0.05, 0) is 24.8 Å². The second kappa shape index (κ2) is 6.40. The van der Waals surface area contributed by atoms with Crippen LogP contribution in [0.15, 0.2) is 42.7 Å². The molecule has 1 N–H and O–H groups in total. The monoisotopic (exact) mass is 325 g/mol. The first-order valence-corrected chi connectivity index (χ1v) is 8.72. The molecule has 0 spiro atoms. The standard InChI is InChI=1S/C19H23N3O2/c23-18(21-16-6-7-17-20-10-11-22(17)14-16)19(8-12-24-13-9-19)15-4-2-1-3-5-15/h1-5,10-11,16H,6-9,12-14H2,(H,21,23). The van der Waals surface area contributed by atoms with Crippen LogP contribution in [0.4, 0.5) is 0 Å². The fraction of sp³-hybridized carbons (Fsp3) is 0.474. The van der Waals surface area contributed by atoms with Gasteiger partial charge in [0.2, 0.25) is 5.91 Å². The number of nitrogens with one attached hydrogen (secondary N) is 1. The van der Waals surface area contributed by atoms with E-state index in [0.29, 0.717) is 13.2 Å². The third-order valence-corrected chi connectivity index (χ3v) is 5.38. The maximum atomic E-state index is 13.2. The predicted molar refractivity (Wildman–Crippen MR) is 90.7 cm³/mol. The van der Waals surface area contributed by atoms with E-state index in [0.717, 1.165) is 43.6 Å². The number of aryl methyl sites for hydroxylation is 1. The molecular weight excluding hydrogens is 302 g/mol. The van der Waals surface area contributed by atoms with Crippen molar-refractivity contribution < 1.29 is 9.53 Å². The smallest absolute Gasteiger partial charge is 0.231 e. The van der Waals surface area contributed by atoms with Gasteiger partial charge < -0.3 is 14.6 Å². The normalized spacial score (nSPS) is 22.6. The molecule has 5 nitrogen and oxygen atoms in total. The zero-order valence-corrected chi connectivity index (χ0v) is 13.8. The number of ether oxygens (including phenoxy) is 1. The molecule has 2 aliphatic heterocycles. The first-order chi connectivity index (χ1) is 11.8. The van der Waals surface area contributed by atoms with Crippen LogP contribution >= 0.6 is 0 Å². The van der Waals surface area contributed by atoms with E-state index in [1.165, 1.54) is 0 Å². The number of carbonyl (C=O) groups is 1. The van der Waals surface area contributed by atoms with Gasteiger partial charge in [-0.25, -0.2) is 4.98 Å². The number of amides is 1. The van der Waals surface area contributed by atoms with Crippen molar-refractivity contribution in [3.63, 3.8) is 0 Å². The van der Waals surface area contributed by atoms with Gasteiger partial charge in [0.15, 0.2) is 0 Å². The summed E-state index contributed by atoms with van der Waals surface area (Å²) in [4.78, 5) is 17.6. The van der Waals surface area contributed by atoms with E-state index >= 15 is 0 Å². The van der Waals surface area contributed by atoms with Crippen molar-refractivity contribution in [2.45, 2.75) is 43.7 Å². The maximum absolute atomic E-state index is 13.2. The van der Waals surface area contributed by atoms with Gasteiger partial charge in [0.25, 0.3) is 0 Å². The highest BCUT2D eigenvalue weighted by atomic mass is 16.5. The minimum atomic E-state index is -0.464. The molecule has 2 aliphatic rings. The van der Waals surface area contributed by atoms with E-state index in [1.54, 1.807) is 0 Å². The molecular formula is C19H23N3O2. The summed E-state index contributed by atoms with van der Waals surface area (Å²) in [6.45, 7) is 2.08. The summed E-state index contributed by atoms with van der Waals surface area (Å²) in [6, 6.07) is 10.3. The number of hydrogen-bond acceptors (Lipinski definition) is 3. The highest BCUT2D eigenvalue weighted by molar-refractivity contribution is 5.88. The summed E-state index contributed by atoms with van der Waals surface area (Å²) in [5.74, 6) is 1.26. The van der Waals surface area contributed by atoms with E-state index in [1.807, 2.05) is 30.6 Å². The third kappa shape index (κ3) is 2.73. The number of aromatic nitrogens is 2. The van der Waals surface area contributed by atoms with Crippen molar-refractivity contribution in [1.82, 2.24) is 14.9 Å². The van der Waals surface area contributed by atoms with Gasteiger partial charge in [-0.15, -0.1) is 0 Å². The summed E-state index contributed by atoms with van der Waals surface area (Å²) in [7, 11) is 0. The van der Waals surface area contributed by atoms with E-state index in [4.69, 9.17) is 4.74 Å². The zero-order chi connectivity index (χ0) is 16.4. The minimum Gasteiger partial charge on any atom is -0.381 e. The quantitative estimate of drug-likeness (QED) is 0.940. The van der Waals surface area contributed by atoms with Crippen LogP contribution in [0.5, 0.6) is 0 Å². The number of carbonyl (C=O) groups excluding carboxylic acids is 1. The Balaban J connectivity index is 1.54. The first-order valence-electron chi connectivity index (χ1n) is 8.72. The fourth-order valence-electron chi connectivity index (χ4n) is 3.93. The predicted octanol–water partition coefficient (Wildman–Crippen LogP) is 2.06. The molecule has 1 amide bonds.